The second-order valence-corrected chi connectivity index (χ2v) is 2.55. The minimum Gasteiger partial charge on any atom is -0.368 e. The highest BCUT2D eigenvalue weighted by Crippen LogP contribution is 1.92. The molecule has 0 N–H and O–H groups in total. The Kier molecular flexibility index (Phi) is 8.89. The van der Waals surface area contributed by atoms with Gasteiger partial charge in [-0.05, 0) is 0 Å². The minimum atomic E-state index is 0.0963. The highest BCUT2D eigenvalue weighted by molar-refractivity contribution is 5.78. The number of ketones is 1. The van der Waals surface area contributed by atoms with E-state index in [1.165, 1.54) is 0 Å². The summed E-state index contributed by atoms with van der Waals surface area (Å²) in [4.78, 5) is 11.1. The predicted octanol–water partition coefficient (Wildman–Crippen LogP) is 0.635. The van der Waals surface area contributed by atoms with E-state index in [1.807, 2.05) is 0 Å². The molecule has 0 aromatic carbocycles. The molecular formula is C11H14O3. The van der Waals surface area contributed by atoms with Gasteiger partial charge in [0.1, 0.15) is 19.0 Å². The van der Waals surface area contributed by atoms with Crippen molar-refractivity contribution in [3.8, 4) is 24.7 Å². The molecule has 0 atom stereocenters. The summed E-state index contributed by atoms with van der Waals surface area (Å²) in [5, 5.41) is 0. The van der Waals surface area contributed by atoms with Gasteiger partial charge in [-0.25, -0.2) is 0 Å². The Labute approximate surface area is 84.8 Å². The number of Topliss-reactive ketones (excluding diaryl/α,β-unsaturated/α-hetero) is 1. The van der Waals surface area contributed by atoms with Gasteiger partial charge in [-0.3, -0.25) is 4.79 Å². The number of hydrogen-bond acceptors (Lipinski definition) is 3. The Morgan fingerprint density at radius 2 is 1.43 bits per heavy atom. The summed E-state index contributed by atoms with van der Waals surface area (Å²) in [6, 6.07) is 0. The van der Waals surface area contributed by atoms with Gasteiger partial charge >= 0.3 is 0 Å². The lowest BCUT2D eigenvalue weighted by atomic mass is 10.2. The second-order valence-electron chi connectivity index (χ2n) is 2.55. The van der Waals surface area contributed by atoms with Crippen molar-refractivity contribution in [1.82, 2.24) is 0 Å². The first-order valence-electron chi connectivity index (χ1n) is 4.35. The lowest BCUT2D eigenvalue weighted by Crippen LogP contribution is -2.08. The Bertz CT molecular complexity index is 208. The van der Waals surface area contributed by atoms with Crippen LogP contribution in [-0.2, 0) is 14.3 Å². The van der Waals surface area contributed by atoms with Crippen molar-refractivity contribution in [2.45, 2.75) is 12.8 Å². The van der Waals surface area contributed by atoms with Crippen molar-refractivity contribution in [2.75, 3.05) is 26.4 Å². The van der Waals surface area contributed by atoms with E-state index in [9.17, 15) is 4.79 Å². The van der Waals surface area contributed by atoms with Crippen LogP contribution in [0.3, 0.4) is 0 Å². The van der Waals surface area contributed by atoms with Gasteiger partial charge in [0.2, 0.25) is 0 Å². The first-order valence-corrected chi connectivity index (χ1v) is 4.35. The zero-order valence-electron chi connectivity index (χ0n) is 8.12. The van der Waals surface area contributed by atoms with Crippen LogP contribution in [0.5, 0.6) is 0 Å². The summed E-state index contributed by atoms with van der Waals surface area (Å²) in [6.45, 7) is 1.25. The van der Waals surface area contributed by atoms with E-state index in [0.29, 0.717) is 26.1 Å². The summed E-state index contributed by atoms with van der Waals surface area (Å²) < 4.78 is 9.90. The lowest BCUT2D eigenvalue weighted by Gasteiger charge is -2.00. The molecule has 0 rings (SSSR count). The smallest absolute Gasteiger partial charge is 0.137 e. The monoisotopic (exact) mass is 194 g/mol. The van der Waals surface area contributed by atoms with Crippen LogP contribution in [0.25, 0.3) is 0 Å². The normalized spacial score (nSPS) is 9.00. The Balaban J connectivity index is 3.21. The molecule has 0 fully saturated rings. The number of ether oxygens (including phenoxy) is 2. The van der Waals surface area contributed by atoms with Crippen molar-refractivity contribution in [2.24, 2.45) is 0 Å². The molecule has 0 bridgehead atoms. The van der Waals surface area contributed by atoms with Gasteiger partial charge in [-0.2, -0.15) is 0 Å². The topological polar surface area (TPSA) is 35.5 Å². The third-order valence-electron chi connectivity index (χ3n) is 1.42. The highest BCUT2D eigenvalue weighted by Gasteiger charge is 2.00. The Morgan fingerprint density at radius 1 is 1.00 bits per heavy atom. The molecule has 0 amide bonds. The van der Waals surface area contributed by atoms with E-state index < -0.39 is 0 Å². The highest BCUT2D eigenvalue weighted by atomic mass is 16.5. The van der Waals surface area contributed by atoms with Crippen LogP contribution in [0.4, 0.5) is 0 Å². The zero-order chi connectivity index (χ0) is 10.6. The van der Waals surface area contributed by atoms with Crippen LogP contribution < -0.4 is 0 Å². The van der Waals surface area contributed by atoms with Crippen LogP contribution in [0.1, 0.15) is 12.8 Å². The Morgan fingerprint density at radius 3 is 1.79 bits per heavy atom. The van der Waals surface area contributed by atoms with E-state index in [4.69, 9.17) is 22.3 Å². The predicted molar refractivity (Wildman–Crippen MR) is 53.5 cm³/mol. The lowest BCUT2D eigenvalue weighted by molar-refractivity contribution is -0.120. The van der Waals surface area contributed by atoms with Gasteiger partial charge in [0.05, 0.1) is 13.2 Å². The molecule has 0 radical (unpaired) electrons. The SMILES string of the molecule is C#CCOCCC(=O)CCOCC#C. The van der Waals surface area contributed by atoms with Gasteiger partial charge in [-0.15, -0.1) is 12.8 Å². The average Bonchev–Trinajstić information content (AvgIpc) is 2.19. The number of terminal acetylenes is 2. The van der Waals surface area contributed by atoms with Gasteiger partial charge < -0.3 is 9.47 Å². The van der Waals surface area contributed by atoms with Crippen LogP contribution in [0.2, 0.25) is 0 Å². The Hall–Kier alpha value is -1.29. The van der Waals surface area contributed by atoms with Crippen molar-refractivity contribution in [1.29, 1.82) is 0 Å². The van der Waals surface area contributed by atoms with Crippen LogP contribution in [-0.4, -0.2) is 32.2 Å². The number of carbonyl (C=O) groups is 1. The van der Waals surface area contributed by atoms with E-state index in [1.54, 1.807) is 0 Å². The number of hydrogen-bond donors (Lipinski definition) is 0. The van der Waals surface area contributed by atoms with Gasteiger partial charge in [0.25, 0.3) is 0 Å². The van der Waals surface area contributed by atoms with E-state index in [-0.39, 0.29) is 19.0 Å². The second kappa shape index (κ2) is 9.80. The summed E-state index contributed by atoms with van der Waals surface area (Å²) >= 11 is 0. The fourth-order valence-corrected chi connectivity index (χ4v) is 0.759. The number of rotatable bonds is 8. The first kappa shape index (κ1) is 12.7. The van der Waals surface area contributed by atoms with E-state index >= 15 is 0 Å². The summed E-state index contributed by atoms with van der Waals surface area (Å²) in [5.41, 5.74) is 0. The fraction of sp³-hybridized carbons (Fsp3) is 0.545. The molecule has 0 aliphatic carbocycles. The molecule has 0 saturated carbocycles. The molecule has 0 aromatic rings. The van der Waals surface area contributed by atoms with Gasteiger partial charge in [0, 0.05) is 12.8 Å². The van der Waals surface area contributed by atoms with Gasteiger partial charge in [0.15, 0.2) is 0 Å². The average molecular weight is 194 g/mol. The standard InChI is InChI=1S/C11H14O3/c1-3-7-13-9-5-11(12)6-10-14-8-4-2/h1-2H,5-10H2. The number of carbonyl (C=O) groups excluding carboxylic acids is 1. The molecule has 0 aromatic heterocycles. The molecule has 0 aliphatic heterocycles. The molecule has 0 unspecified atom stereocenters. The molecule has 0 spiro atoms. The van der Waals surface area contributed by atoms with Crippen LogP contribution >= 0.6 is 0 Å². The molecule has 0 aliphatic rings. The maximum absolute atomic E-state index is 11.1. The molecule has 3 nitrogen and oxygen atoms in total. The van der Waals surface area contributed by atoms with E-state index in [2.05, 4.69) is 11.8 Å². The molecule has 76 valence electrons. The zero-order valence-corrected chi connectivity index (χ0v) is 8.12. The van der Waals surface area contributed by atoms with Crippen molar-refractivity contribution in [3.05, 3.63) is 0 Å². The summed E-state index contributed by atoms with van der Waals surface area (Å²) in [6.07, 6.45) is 10.7. The molecule has 3 heteroatoms. The van der Waals surface area contributed by atoms with E-state index in [0.717, 1.165) is 0 Å². The molecule has 0 saturated heterocycles. The van der Waals surface area contributed by atoms with Crippen LogP contribution in [0.15, 0.2) is 0 Å². The quantitative estimate of drug-likeness (QED) is 0.420. The van der Waals surface area contributed by atoms with Crippen molar-refractivity contribution >= 4 is 5.78 Å². The third kappa shape index (κ3) is 8.80. The van der Waals surface area contributed by atoms with Gasteiger partial charge in [-0.1, -0.05) is 11.8 Å². The molecule has 14 heavy (non-hydrogen) atoms. The maximum atomic E-state index is 11.1. The minimum absolute atomic E-state index is 0.0963. The summed E-state index contributed by atoms with van der Waals surface area (Å²) in [5.74, 6) is 4.74. The molecular weight excluding hydrogens is 180 g/mol. The van der Waals surface area contributed by atoms with Crippen molar-refractivity contribution in [3.63, 3.8) is 0 Å². The summed E-state index contributed by atoms with van der Waals surface area (Å²) in [7, 11) is 0. The maximum Gasteiger partial charge on any atom is 0.137 e. The molecule has 0 heterocycles. The fourth-order valence-electron chi connectivity index (χ4n) is 0.759. The first-order chi connectivity index (χ1) is 6.81. The largest absolute Gasteiger partial charge is 0.368 e. The third-order valence-corrected chi connectivity index (χ3v) is 1.42. The van der Waals surface area contributed by atoms with Crippen LogP contribution in [0, 0.1) is 24.7 Å². The van der Waals surface area contributed by atoms with Crippen molar-refractivity contribution < 1.29 is 14.3 Å².